The molecule has 0 radical (unpaired) electrons. The number of hydrogen-bond donors (Lipinski definition) is 1. The summed E-state index contributed by atoms with van der Waals surface area (Å²) in [6.07, 6.45) is 5.51. The third kappa shape index (κ3) is 6.38. The molecule has 14 heteroatoms. The lowest BCUT2D eigenvalue weighted by atomic mass is 9.95. The van der Waals surface area contributed by atoms with E-state index in [-0.39, 0.29) is 24.3 Å². The number of nitrogens with zero attached hydrogens (tertiary/aromatic N) is 3. The highest BCUT2D eigenvalue weighted by molar-refractivity contribution is 5.97. The molecule has 1 heterocycles. The summed E-state index contributed by atoms with van der Waals surface area (Å²) in [6.45, 7) is 7.07. The summed E-state index contributed by atoms with van der Waals surface area (Å²) < 4.78 is 94.2. The van der Waals surface area contributed by atoms with Crippen molar-refractivity contribution < 1.29 is 45.8 Å². The quantitative estimate of drug-likeness (QED) is 0.0768. The Morgan fingerprint density at radius 2 is 1.55 bits per heavy atom. The number of aromatic nitrogens is 2. The van der Waals surface area contributed by atoms with Crippen molar-refractivity contribution in [3.05, 3.63) is 92.0 Å². The Kier molecular flexibility index (Phi) is 9.43. The lowest BCUT2D eigenvalue weighted by Gasteiger charge is -2.26. The van der Waals surface area contributed by atoms with Crippen LogP contribution in [0.1, 0.15) is 48.1 Å². The van der Waals surface area contributed by atoms with E-state index in [0.717, 1.165) is 21.6 Å². The number of halogens is 6. The number of rotatable bonds is 8. The van der Waals surface area contributed by atoms with Crippen LogP contribution in [0.3, 0.4) is 0 Å². The van der Waals surface area contributed by atoms with Gasteiger partial charge in [-0.15, -0.1) is 6.42 Å². The number of benzene rings is 3. The van der Waals surface area contributed by atoms with Crippen molar-refractivity contribution >= 4 is 28.5 Å². The molecule has 0 saturated heterocycles. The number of terminal acetylenes is 1. The van der Waals surface area contributed by atoms with Crippen molar-refractivity contribution in [1.82, 2.24) is 9.55 Å². The maximum absolute atomic E-state index is 16.2. The lowest BCUT2D eigenvalue weighted by Crippen LogP contribution is -2.30. The number of anilines is 1. The van der Waals surface area contributed by atoms with Crippen molar-refractivity contribution in [3.63, 3.8) is 0 Å². The molecule has 0 aliphatic carbocycles. The number of ether oxygens (including phenoxy) is 1. The Hall–Kier alpha value is -5.32. The van der Waals surface area contributed by atoms with Gasteiger partial charge in [-0.2, -0.15) is 0 Å². The molecule has 1 N–H and O–H groups in total. The number of carbonyl (C=O) groups excluding carboxylic acids is 1. The molecule has 0 unspecified atom stereocenters. The number of esters is 1. The number of carboxylic acids is 1. The summed E-state index contributed by atoms with van der Waals surface area (Å²) in [5, 5.41) is 9.71. The molecule has 0 aliphatic heterocycles. The summed E-state index contributed by atoms with van der Waals surface area (Å²) in [6, 6.07) is 4.70. The molecule has 0 saturated carbocycles. The normalized spacial score (nSPS) is 11.4. The lowest BCUT2D eigenvalue weighted by molar-refractivity contribution is -0.157. The van der Waals surface area contributed by atoms with E-state index in [4.69, 9.17) is 11.2 Å². The Balaban J connectivity index is 1.86. The molecule has 0 amide bonds. The summed E-state index contributed by atoms with van der Waals surface area (Å²) in [7, 11) is 0. The SMILES string of the molecule is C#CCN(Cc1cc2c(=O)n(COC(=O)C(C)(C)C)c(C)nc2cc1C)c1ccc(C(=O)O)c(-c2c(F)c(F)c(F)c(F)c2F)c1F. The van der Waals surface area contributed by atoms with Crippen LogP contribution in [-0.2, 0) is 22.8 Å². The first-order valence-corrected chi connectivity index (χ1v) is 13.8. The number of aromatic carboxylic acids is 1. The fraction of sp³-hybridized carbons (Fsp3) is 0.273. The van der Waals surface area contributed by atoms with Gasteiger partial charge in [0.15, 0.2) is 35.8 Å². The van der Waals surface area contributed by atoms with Crippen LogP contribution < -0.4 is 10.5 Å². The summed E-state index contributed by atoms with van der Waals surface area (Å²) in [4.78, 5) is 43.2. The van der Waals surface area contributed by atoms with Gasteiger partial charge in [-0.3, -0.25) is 14.2 Å². The predicted octanol–water partition coefficient (Wildman–Crippen LogP) is 6.40. The molecule has 3 aromatic carbocycles. The zero-order valence-corrected chi connectivity index (χ0v) is 25.7. The van der Waals surface area contributed by atoms with E-state index in [1.54, 1.807) is 40.7 Å². The van der Waals surface area contributed by atoms with Crippen LogP contribution in [0.4, 0.5) is 32.0 Å². The number of hydrogen-bond acceptors (Lipinski definition) is 6. The van der Waals surface area contributed by atoms with E-state index in [1.165, 1.54) is 6.07 Å². The van der Waals surface area contributed by atoms with Crippen LogP contribution in [-0.4, -0.2) is 33.1 Å². The number of aryl methyl sites for hydroxylation is 2. The number of carboxylic acid groups (broad SMARTS) is 1. The largest absolute Gasteiger partial charge is 0.478 e. The molecule has 246 valence electrons. The van der Waals surface area contributed by atoms with Crippen molar-refractivity contribution in [3.8, 4) is 23.5 Å². The van der Waals surface area contributed by atoms with Crippen LogP contribution in [0.15, 0.2) is 29.1 Å². The summed E-state index contributed by atoms with van der Waals surface area (Å²) in [5.74, 6) is -13.7. The van der Waals surface area contributed by atoms with E-state index in [2.05, 4.69) is 10.9 Å². The van der Waals surface area contributed by atoms with Gasteiger partial charge in [0.05, 0.1) is 39.7 Å². The standard InChI is InChI=1S/C33H27F6N3O5/c1-7-10-41(21-9-8-18(31(44)45)22(24(21)34)23-25(35)27(37)29(39)28(38)26(23)36)13-17-12-19-20(11-15(17)2)40-16(3)42(30(19)43)14-47-32(46)33(4,5)6/h1,8-9,11-12H,10,13-14H2,2-6H3,(H,44,45). The minimum absolute atomic E-state index is 0.0902. The maximum Gasteiger partial charge on any atom is 0.336 e. The topological polar surface area (TPSA) is 102 Å². The van der Waals surface area contributed by atoms with E-state index in [1.807, 2.05) is 0 Å². The summed E-state index contributed by atoms with van der Waals surface area (Å²) >= 11 is 0. The van der Waals surface area contributed by atoms with Crippen molar-refractivity contribution in [2.45, 2.75) is 47.9 Å². The van der Waals surface area contributed by atoms with Crippen LogP contribution in [0, 0.1) is 66.5 Å². The van der Waals surface area contributed by atoms with Crippen molar-refractivity contribution in [1.29, 1.82) is 0 Å². The van der Waals surface area contributed by atoms with Gasteiger partial charge >= 0.3 is 11.9 Å². The Labute approximate surface area is 264 Å². The molecule has 0 aliphatic rings. The molecule has 47 heavy (non-hydrogen) atoms. The summed E-state index contributed by atoms with van der Waals surface area (Å²) in [5.41, 5.74) is -4.93. The minimum Gasteiger partial charge on any atom is -0.478 e. The van der Waals surface area contributed by atoms with Crippen LogP contribution in [0.25, 0.3) is 22.0 Å². The second-order valence-corrected chi connectivity index (χ2v) is 11.6. The smallest absolute Gasteiger partial charge is 0.336 e. The Bertz CT molecular complexity index is 2040. The van der Waals surface area contributed by atoms with Gasteiger partial charge in [-0.25, -0.2) is 36.1 Å². The number of carbonyl (C=O) groups is 2. The third-order valence-corrected chi connectivity index (χ3v) is 7.34. The van der Waals surface area contributed by atoms with Crippen LogP contribution in [0.2, 0.25) is 0 Å². The fourth-order valence-electron chi connectivity index (χ4n) is 4.79. The molecule has 0 fully saturated rings. The van der Waals surface area contributed by atoms with Crippen LogP contribution in [0.5, 0.6) is 0 Å². The van der Waals surface area contributed by atoms with Gasteiger partial charge in [0.25, 0.3) is 5.56 Å². The first-order chi connectivity index (χ1) is 21.9. The zero-order valence-electron chi connectivity index (χ0n) is 25.7. The highest BCUT2D eigenvalue weighted by Gasteiger charge is 2.33. The molecule has 4 rings (SSSR count). The first-order valence-electron chi connectivity index (χ1n) is 13.8. The van der Waals surface area contributed by atoms with E-state index in [9.17, 15) is 41.4 Å². The zero-order chi connectivity index (χ0) is 35.1. The second-order valence-electron chi connectivity index (χ2n) is 11.6. The van der Waals surface area contributed by atoms with Gasteiger partial charge < -0.3 is 14.7 Å². The van der Waals surface area contributed by atoms with Gasteiger partial charge in [0.1, 0.15) is 5.82 Å². The van der Waals surface area contributed by atoms with E-state index in [0.29, 0.717) is 16.6 Å². The molecule has 4 aromatic rings. The predicted molar refractivity (Wildman–Crippen MR) is 159 cm³/mol. The van der Waals surface area contributed by atoms with Gasteiger partial charge in [-0.05, 0) is 70.0 Å². The van der Waals surface area contributed by atoms with Gasteiger partial charge in [-0.1, -0.05) is 5.92 Å². The van der Waals surface area contributed by atoms with Crippen molar-refractivity contribution in [2.75, 3.05) is 11.4 Å². The van der Waals surface area contributed by atoms with Gasteiger partial charge in [0, 0.05) is 12.1 Å². The minimum atomic E-state index is -2.51. The Morgan fingerprint density at radius 1 is 0.957 bits per heavy atom. The fourth-order valence-corrected chi connectivity index (χ4v) is 4.79. The van der Waals surface area contributed by atoms with E-state index < -0.39 is 86.9 Å². The highest BCUT2D eigenvalue weighted by Crippen LogP contribution is 2.39. The molecular weight excluding hydrogens is 632 g/mol. The average molecular weight is 660 g/mol. The second kappa shape index (κ2) is 12.8. The molecule has 8 nitrogen and oxygen atoms in total. The Morgan fingerprint density at radius 3 is 2.11 bits per heavy atom. The molecule has 1 aromatic heterocycles. The average Bonchev–Trinajstić information content (AvgIpc) is 2.99. The van der Waals surface area contributed by atoms with E-state index >= 15 is 4.39 Å². The molecule has 0 atom stereocenters. The highest BCUT2D eigenvalue weighted by atomic mass is 19.2. The van der Waals surface area contributed by atoms with Crippen LogP contribution >= 0.6 is 0 Å². The molecule has 0 bridgehead atoms. The van der Waals surface area contributed by atoms with Crippen molar-refractivity contribution in [2.24, 2.45) is 5.41 Å². The monoisotopic (exact) mass is 659 g/mol. The first kappa shape index (κ1) is 34.6. The third-order valence-electron chi connectivity index (χ3n) is 7.34. The number of fused-ring (bicyclic) bond motifs is 1. The molecule has 0 spiro atoms. The van der Waals surface area contributed by atoms with Gasteiger partial charge in [0.2, 0.25) is 5.82 Å². The maximum atomic E-state index is 16.2. The molecular formula is C33H27F6N3O5.